The third-order valence-electron chi connectivity index (χ3n) is 5.14. The van der Waals surface area contributed by atoms with Crippen LogP contribution in [0.1, 0.15) is 29.5 Å². The Morgan fingerprint density at radius 3 is 2.55 bits per heavy atom. The minimum atomic E-state index is -0.0258. The number of aryl methyl sites for hydroxylation is 1. The number of aliphatic imine (C=N–C) groups is 1. The molecule has 0 unspecified atom stereocenters. The van der Waals surface area contributed by atoms with Gasteiger partial charge >= 0.3 is 6.03 Å². The Labute approximate surface area is 201 Å². The molecular formula is C23H32IN5O2. The molecule has 7 nitrogen and oxygen atoms in total. The number of benzene rings is 2. The molecule has 1 heterocycles. The Balaban J connectivity index is 0.00000341. The monoisotopic (exact) mass is 537 g/mol. The van der Waals surface area contributed by atoms with Crippen molar-refractivity contribution in [2.24, 2.45) is 4.99 Å². The van der Waals surface area contributed by atoms with E-state index in [9.17, 15) is 4.79 Å². The Kier molecular flexibility index (Phi) is 9.90. The second-order valence-corrected chi connectivity index (χ2v) is 7.42. The van der Waals surface area contributed by atoms with Crippen molar-refractivity contribution >= 4 is 41.7 Å². The van der Waals surface area contributed by atoms with E-state index in [4.69, 9.17) is 4.74 Å². The number of amides is 2. The van der Waals surface area contributed by atoms with Crippen LogP contribution in [0.4, 0.5) is 10.5 Å². The van der Waals surface area contributed by atoms with Crippen LogP contribution in [0, 0.1) is 6.92 Å². The van der Waals surface area contributed by atoms with Gasteiger partial charge in [0.15, 0.2) is 5.96 Å². The van der Waals surface area contributed by atoms with Crippen molar-refractivity contribution < 1.29 is 9.53 Å². The van der Waals surface area contributed by atoms with Crippen LogP contribution in [0.5, 0.6) is 5.75 Å². The number of hydrogen-bond acceptors (Lipinski definition) is 3. The van der Waals surface area contributed by atoms with Crippen molar-refractivity contribution in [1.82, 2.24) is 15.5 Å². The largest absolute Gasteiger partial charge is 0.496 e. The van der Waals surface area contributed by atoms with Crippen LogP contribution in [-0.2, 0) is 13.1 Å². The van der Waals surface area contributed by atoms with Crippen molar-refractivity contribution in [2.75, 3.05) is 32.6 Å². The summed E-state index contributed by atoms with van der Waals surface area (Å²) in [5, 5.41) is 9.62. The summed E-state index contributed by atoms with van der Waals surface area (Å²) in [6, 6.07) is 14.0. The quantitative estimate of drug-likeness (QED) is 0.295. The molecule has 0 saturated carbocycles. The van der Waals surface area contributed by atoms with Crippen molar-refractivity contribution in [1.29, 1.82) is 0 Å². The molecular weight excluding hydrogens is 505 g/mol. The Morgan fingerprint density at radius 2 is 1.84 bits per heavy atom. The molecule has 31 heavy (non-hydrogen) atoms. The molecule has 0 radical (unpaired) electrons. The van der Waals surface area contributed by atoms with E-state index < -0.39 is 0 Å². The lowest BCUT2D eigenvalue weighted by atomic mass is 10.1. The van der Waals surface area contributed by atoms with E-state index in [-0.39, 0.29) is 30.0 Å². The first-order chi connectivity index (χ1) is 14.6. The summed E-state index contributed by atoms with van der Waals surface area (Å²) in [6.07, 6.45) is 2.16. The Hall–Kier alpha value is -2.49. The van der Waals surface area contributed by atoms with Crippen LogP contribution >= 0.6 is 24.0 Å². The second-order valence-electron chi connectivity index (χ2n) is 7.42. The number of nitrogens with one attached hydrogen (secondary N) is 3. The predicted molar refractivity (Wildman–Crippen MR) is 136 cm³/mol. The molecule has 1 aliphatic rings. The molecule has 168 valence electrons. The lowest BCUT2D eigenvalue weighted by Crippen LogP contribution is -2.36. The van der Waals surface area contributed by atoms with Crippen molar-refractivity contribution in [3.63, 3.8) is 0 Å². The zero-order valence-corrected chi connectivity index (χ0v) is 20.7. The topological polar surface area (TPSA) is 78.0 Å². The SMILES string of the molecule is CN=C(NCc1cccc(NC(=O)N2CCCC2)c1)NCc1ccc(C)cc1OC.I. The van der Waals surface area contributed by atoms with E-state index in [1.54, 1.807) is 14.2 Å². The van der Waals surface area contributed by atoms with Gasteiger partial charge in [-0.3, -0.25) is 4.99 Å². The number of urea groups is 1. The van der Waals surface area contributed by atoms with E-state index in [0.717, 1.165) is 54.1 Å². The van der Waals surface area contributed by atoms with Crippen molar-refractivity contribution in [3.8, 4) is 5.75 Å². The van der Waals surface area contributed by atoms with Crippen LogP contribution in [0.15, 0.2) is 47.5 Å². The lowest BCUT2D eigenvalue weighted by Gasteiger charge is -2.17. The maximum absolute atomic E-state index is 12.3. The summed E-state index contributed by atoms with van der Waals surface area (Å²) in [7, 11) is 3.43. The first kappa shape index (κ1) is 24.8. The summed E-state index contributed by atoms with van der Waals surface area (Å²) in [5.74, 6) is 1.56. The number of carbonyl (C=O) groups excluding carboxylic acids is 1. The van der Waals surface area contributed by atoms with Crippen molar-refractivity contribution in [3.05, 3.63) is 59.2 Å². The zero-order valence-electron chi connectivity index (χ0n) is 18.4. The molecule has 1 aliphatic heterocycles. The molecule has 3 rings (SSSR count). The van der Waals surface area contributed by atoms with E-state index >= 15 is 0 Å². The number of halogens is 1. The van der Waals surface area contributed by atoms with Gasteiger partial charge in [-0.15, -0.1) is 24.0 Å². The van der Waals surface area contributed by atoms with Crippen LogP contribution < -0.4 is 20.7 Å². The fourth-order valence-electron chi connectivity index (χ4n) is 3.46. The molecule has 2 aromatic carbocycles. The minimum Gasteiger partial charge on any atom is -0.496 e. The molecule has 0 atom stereocenters. The molecule has 0 spiro atoms. The van der Waals surface area contributed by atoms with Gasteiger partial charge in [0.25, 0.3) is 0 Å². The zero-order chi connectivity index (χ0) is 21.3. The Morgan fingerprint density at radius 1 is 1.10 bits per heavy atom. The fourth-order valence-corrected chi connectivity index (χ4v) is 3.46. The number of hydrogen-bond donors (Lipinski definition) is 3. The van der Waals surface area contributed by atoms with Crippen LogP contribution in [0.3, 0.4) is 0 Å². The van der Waals surface area contributed by atoms with Gasteiger partial charge in [-0.05, 0) is 49.1 Å². The second kappa shape index (κ2) is 12.4. The molecule has 0 bridgehead atoms. The van der Waals surface area contributed by atoms with Gasteiger partial charge in [0.1, 0.15) is 5.75 Å². The van der Waals surface area contributed by atoms with Gasteiger partial charge in [0.2, 0.25) is 0 Å². The van der Waals surface area contributed by atoms with Gasteiger partial charge in [0.05, 0.1) is 7.11 Å². The van der Waals surface area contributed by atoms with E-state index in [1.165, 1.54) is 0 Å². The average molecular weight is 537 g/mol. The number of anilines is 1. The number of carbonyl (C=O) groups is 1. The number of guanidine groups is 1. The maximum Gasteiger partial charge on any atom is 0.321 e. The van der Waals surface area contributed by atoms with Crippen molar-refractivity contribution in [2.45, 2.75) is 32.9 Å². The highest BCUT2D eigenvalue weighted by molar-refractivity contribution is 14.0. The number of rotatable bonds is 6. The summed E-state index contributed by atoms with van der Waals surface area (Å²) in [5.41, 5.74) is 4.09. The highest BCUT2D eigenvalue weighted by atomic mass is 127. The molecule has 3 N–H and O–H groups in total. The first-order valence-electron chi connectivity index (χ1n) is 10.3. The molecule has 2 amide bonds. The normalized spacial score (nSPS) is 13.4. The predicted octanol–water partition coefficient (Wildman–Crippen LogP) is 4.11. The summed E-state index contributed by atoms with van der Waals surface area (Å²) >= 11 is 0. The van der Waals surface area contributed by atoms with Gasteiger partial charge in [-0.2, -0.15) is 0 Å². The minimum absolute atomic E-state index is 0. The fraction of sp³-hybridized carbons (Fsp3) is 0.391. The van der Waals surface area contributed by atoms with E-state index in [2.05, 4.69) is 33.1 Å². The molecule has 0 aliphatic carbocycles. The van der Waals surface area contributed by atoms with Gasteiger partial charge in [0, 0.05) is 44.5 Å². The smallest absolute Gasteiger partial charge is 0.321 e. The summed E-state index contributed by atoms with van der Waals surface area (Å²) in [6.45, 7) is 4.91. The summed E-state index contributed by atoms with van der Waals surface area (Å²) in [4.78, 5) is 18.4. The number of nitrogens with zero attached hydrogens (tertiary/aromatic N) is 2. The molecule has 0 aromatic heterocycles. The maximum atomic E-state index is 12.3. The number of methoxy groups -OCH3 is 1. The standard InChI is InChI=1S/C23H31N5O2.HI/c1-17-9-10-19(21(13-17)30-3)16-26-22(24-2)25-15-18-7-6-8-20(14-18)27-23(29)28-11-4-5-12-28;/h6-10,13-14H,4-5,11-12,15-16H2,1-3H3,(H,27,29)(H2,24,25,26);1H. The highest BCUT2D eigenvalue weighted by Gasteiger charge is 2.17. The lowest BCUT2D eigenvalue weighted by molar-refractivity contribution is 0.222. The Bertz CT molecular complexity index is 897. The molecule has 2 aromatic rings. The molecule has 8 heteroatoms. The highest BCUT2D eigenvalue weighted by Crippen LogP contribution is 2.19. The number of ether oxygens (including phenoxy) is 1. The van der Waals surface area contributed by atoms with Crippen LogP contribution in [0.2, 0.25) is 0 Å². The van der Waals surface area contributed by atoms with E-state index in [0.29, 0.717) is 19.0 Å². The summed E-state index contributed by atoms with van der Waals surface area (Å²) < 4.78 is 5.46. The van der Waals surface area contributed by atoms with Crippen LogP contribution in [-0.4, -0.2) is 44.1 Å². The average Bonchev–Trinajstić information content (AvgIpc) is 3.30. The first-order valence-corrected chi connectivity index (χ1v) is 10.3. The third kappa shape index (κ3) is 7.30. The number of likely N-dealkylation sites (tertiary alicyclic amines) is 1. The van der Waals surface area contributed by atoms with Gasteiger partial charge in [-0.25, -0.2) is 4.79 Å². The molecule has 1 fully saturated rings. The molecule has 1 saturated heterocycles. The third-order valence-corrected chi connectivity index (χ3v) is 5.14. The van der Waals surface area contributed by atoms with Crippen LogP contribution in [0.25, 0.3) is 0 Å². The van der Waals surface area contributed by atoms with Gasteiger partial charge < -0.3 is 25.6 Å². The van der Waals surface area contributed by atoms with E-state index in [1.807, 2.05) is 42.2 Å². The van der Waals surface area contributed by atoms with Gasteiger partial charge in [-0.1, -0.05) is 24.3 Å².